The zero-order valence-corrected chi connectivity index (χ0v) is 7.33. The van der Waals surface area contributed by atoms with E-state index in [9.17, 15) is 0 Å². The van der Waals surface area contributed by atoms with Crippen molar-refractivity contribution < 1.29 is 41.6 Å². The molecule has 1 rings (SSSR count). The van der Waals surface area contributed by atoms with Crippen molar-refractivity contribution in [3.05, 3.63) is 30.3 Å². The van der Waals surface area contributed by atoms with Gasteiger partial charge in [0.15, 0.2) is 0 Å². The van der Waals surface area contributed by atoms with Gasteiger partial charge in [0, 0.05) is 0 Å². The first-order valence-corrected chi connectivity index (χ1v) is 2.13. The SMILES string of the molecule is O.Oc1ccccc1.[H-].[Na+]. The van der Waals surface area contributed by atoms with Gasteiger partial charge in [-0.3, -0.25) is 0 Å². The molecule has 0 heterocycles. The molecule has 0 amide bonds. The molecule has 0 aliphatic heterocycles. The molecule has 0 atom stereocenters. The van der Waals surface area contributed by atoms with Crippen molar-refractivity contribution in [2.75, 3.05) is 0 Å². The predicted octanol–water partition coefficient (Wildman–Crippen LogP) is -2.32. The zero-order valence-electron chi connectivity index (χ0n) is 6.33. The Labute approximate surface area is 77.6 Å². The van der Waals surface area contributed by atoms with Crippen LogP contribution in [0.5, 0.6) is 5.75 Å². The average molecular weight is 136 g/mol. The number of aromatic hydroxyl groups is 1. The Bertz CT molecular complexity index is 146. The fourth-order valence-corrected chi connectivity index (χ4v) is 0.428. The summed E-state index contributed by atoms with van der Waals surface area (Å²) >= 11 is 0. The van der Waals surface area contributed by atoms with Gasteiger partial charge in [-0.25, -0.2) is 0 Å². The monoisotopic (exact) mass is 136 g/mol. The van der Waals surface area contributed by atoms with Gasteiger partial charge in [-0.15, -0.1) is 0 Å². The Morgan fingerprint density at radius 2 is 1.56 bits per heavy atom. The van der Waals surface area contributed by atoms with Gasteiger partial charge in [0.2, 0.25) is 0 Å². The molecule has 0 saturated carbocycles. The third-order valence-electron chi connectivity index (χ3n) is 0.756. The van der Waals surface area contributed by atoms with E-state index in [4.69, 9.17) is 5.11 Å². The van der Waals surface area contributed by atoms with Gasteiger partial charge >= 0.3 is 29.6 Å². The van der Waals surface area contributed by atoms with Crippen LogP contribution >= 0.6 is 0 Å². The van der Waals surface area contributed by atoms with Crippen LogP contribution in [0, 0.1) is 0 Å². The molecule has 0 unspecified atom stereocenters. The second-order valence-corrected chi connectivity index (χ2v) is 1.34. The molecule has 0 bridgehead atoms. The van der Waals surface area contributed by atoms with Crippen molar-refractivity contribution in [2.45, 2.75) is 0 Å². The van der Waals surface area contributed by atoms with Gasteiger partial charge in [-0.05, 0) is 12.1 Å². The Morgan fingerprint density at radius 1 is 1.11 bits per heavy atom. The Hall–Kier alpha value is -0.0200. The molecule has 0 aliphatic carbocycles. The second kappa shape index (κ2) is 6.11. The maximum atomic E-state index is 8.63. The molecular formula is C6H9NaO2. The van der Waals surface area contributed by atoms with Crippen LogP contribution in [0.2, 0.25) is 0 Å². The van der Waals surface area contributed by atoms with Crippen molar-refractivity contribution in [1.82, 2.24) is 0 Å². The summed E-state index contributed by atoms with van der Waals surface area (Å²) in [5.74, 6) is 0.322. The van der Waals surface area contributed by atoms with Gasteiger partial charge in [0.1, 0.15) is 5.75 Å². The van der Waals surface area contributed by atoms with Gasteiger partial charge < -0.3 is 12.0 Å². The Kier molecular flexibility index (Phi) is 7.96. The standard InChI is InChI=1S/C6H6O.Na.H2O.H/c7-6-4-2-1-3-5-6;;;/h1-5,7H;;1H2;/q;+1;;-1. The molecule has 9 heavy (non-hydrogen) atoms. The van der Waals surface area contributed by atoms with E-state index in [0.29, 0.717) is 5.75 Å². The number of benzene rings is 1. The Morgan fingerprint density at radius 3 is 1.78 bits per heavy atom. The number of phenols is 1. The van der Waals surface area contributed by atoms with Crippen LogP contribution in [0.15, 0.2) is 30.3 Å². The van der Waals surface area contributed by atoms with Crippen LogP contribution in [0.4, 0.5) is 0 Å². The van der Waals surface area contributed by atoms with Crippen molar-refractivity contribution in [2.24, 2.45) is 0 Å². The van der Waals surface area contributed by atoms with Gasteiger partial charge in [-0.2, -0.15) is 0 Å². The van der Waals surface area contributed by atoms with Gasteiger partial charge in [-0.1, -0.05) is 18.2 Å². The zero-order chi connectivity index (χ0) is 5.11. The third-order valence-corrected chi connectivity index (χ3v) is 0.756. The summed E-state index contributed by atoms with van der Waals surface area (Å²) in [7, 11) is 0. The quantitative estimate of drug-likeness (QED) is 0.400. The van der Waals surface area contributed by atoms with Crippen LogP contribution in [0.25, 0.3) is 0 Å². The summed E-state index contributed by atoms with van der Waals surface area (Å²) < 4.78 is 0. The van der Waals surface area contributed by atoms with Crippen LogP contribution < -0.4 is 29.6 Å². The molecule has 0 spiro atoms. The van der Waals surface area contributed by atoms with E-state index in [-0.39, 0.29) is 36.5 Å². The molecule has 0 aromatic heterocycles. The fraction of sp³-hybridized carbons (Fsp3) is 0. The van der Waals surface area contributed by atoms with E-state index >= 15 is 0 Å². The maximum absolute atomic E-state index is 8.63. The molecule has 0 aliphatic rings. The van der Waals surface area contributed by atoms with E-state index in [0.717, 1.165) is 0 Å². The smallest absolute Gasteiger partial charge is 1.00 e. The summed E-state index contributed by atoms with van der Waals surface area (Å²) in [6.07, 6.45) is 0. The average Bonchev–Trinajstić information content (AvgIpc) is 1.69. The normalized spacial score (nSPS) is 6.67. The topological polar surface area (TPSA) is 51.7 Å². The first kappa shape index (κ1) is 11.7. The number of rotatable bonds is 0. The van der Waals surface area contributed by atoms with Crippen LogP contribution in [0.1, 0.15) is 1.43 Å². The number of para-hydroxylation sites is 1. The minimum Gasteiger partial charge on any atom is -1.00 e. The summed E-state index contributed by atoms with van der Waals surface area (Å²) in [5, 5.41) is 8.63. The maximum Gasteiger partial charge on any atom is 1.00 e. The van der Waals surface area contributed by atoms with E-state index < -0.39 is 0 Å². The fourth-order valence-electron chi connectivity index (χ4n) is 0.428. The molecule has 46 valence electrons. The summed E-state index contributed by atoms with van der Waals surface area (Å²) in [6.45, 7) is 0. The van der Waals surface area contributed by atoms with Gasteiger partial charge in [0.25, 0.3) is 0 Å². The number of phenolic OH excluding ortho intramolecular Hbond substituents is 1. The van der Waals surface area contributed by atoms with Crippen molar-refractivity contribution in [3.8, 4) is 5.75 Å². The van der Waals surface area contributed by atoms with E-state index in [1.807, 2.05) is 6.07 Å². The predicted molar refractivity (Wildman–Crippen MR) is 32.8 cm³/mol. The molecule has 0 saturated heterocycles. The van der Waals surface area contributed by atoms with E-state index in [1.165, 1.54) is 0 Å². The first-order chi connectivity index (χ1) is 3.39. The minimum atomic E-state index is 0. The van der Waals surface area contributed by atoms with Crippen LogP contribution in [0.3, 0.4) is 0 Å². The molecule has 2 nitrogen and oxygen atoms in total. The number of hydrogen-bond acceptors (Lipinski definition) is 1. The first-order valence-electron chi connectivity index (χ1n) is 2.13. The van der Waals surface area contributed by atoms with Crippen LogP contribution in [-0.2, 0) is 0 Å². The minimum absolute atomic E-state index is 0. The largest absolute Gasteiger partial charge is 1.00 e. The van der Waals surface area contributed by atoms with Crippen molar-refractivity contribution >= 4 is 0 Å². The molecular weight excluding hydrogens is 127 g/mol. The molecule has 1 aromatic carbocycles. The molecule has 3 heteroatoms. The Balaban J connectivity index is -0.000000163. The molecule has 1 aromatic rings. The summed E-state index contributed by atoms with van der Waals surface area (Å²) in [6, 6.07) is 8.71. The molecule has 0 radical (unpaired) electrons. The van der Waals surface area contributed by atoms with Crippen LogP contribution in [-0.4, -0.2) is 10.6 Å². The second-order valence-electron chi connectivity index (χ2n) is 1.34. The summed E-state index contributed by atoms with van der Waals surface area (Å²) in [4.78, 5) is 0. The molecule has 0 fully saturated rings. The molecule has 3 N–H and O–H groups in total. The third kappa shape index (κ3) is 4.48. The van der Waals surface area contributed by atoms with E-state index in [1.54, 1.807) is 24.3 Å². The van der Waals surface area contributed by atoms with Crippen molar-refractivity contribution in [3.63, 3.8) is 0 Å². The van der Waals surface area contributed by atoms with Crippen molar-refractivity contribution in [1.29, 1.82) is 0 Å². The number of hydrogen-bond donors (Lipinski definition) is 1. The van der Waals surface area contributed by atoms with Gasteiger partial charge in [0.05, 0.1) is 0 Å². The van der Waals surface area contributed by atoms with E-state index in [2.05, 4.69) is 0 Å². The summed E-state index contributed by atoms with van der Waals surface area (Å²) in [5.41, 5.74) is 0.